The first kappa shape index (κ1) is 31.6. The average Bonchev–Trinajstić information content (AvgIpc) is 2.90. The van der Waals surface area contributed by atoms with E-state index in [1.54, 1.807) is 12.1 Å². The van der Waals surface area contributed by atoms with E-state index in [2.05, 4.69) is 34.8 Å². The first-order valence-corrected chi connectivity index (χ1v) is 13.2. The predicted octanol–water partition coefficient (Wildman–Crippen LogP) is 10.6. The fourth-order valence-electron chi connectivity index (χ4n) is 4.26. The summed E-state index contributed by atoms with van der Waals surface area (Å²) in [5.41, 5.74) is 5.54. The second-order valence-electron chi connectivity index (χ2n) is 9.61. The SMILES string of the molecule is C=C(/C=C\C(=C)c1ccc(CCCCCCCc2ccc(-c3ccc(OC(F)(F)F)cc3)cc2)cc1)OC(F)(F)F. The van der Waals surface area contributed by atoms with E-state index < -0.39 is 18.5 Å². The van der Waals surface area contributed by atoms with Crippen LogP contribution in [0.3, 0.4) is 0 Å². The summed E-state index contributed by atoms with van der Waals surface area (Å²) in [7, 11) is 0. The topological polar surface area (TPSA) is 18.5 Å². The van der Waals surface area contributed by atoms with Crippen molar-refractivity contribution < 1.29 is 35.8 Å². The van der Waals surface area contributed by atoms with Gasteiger partial charge in [0, 0.05) is 0 Å². The molecule has 0 fully saturated rings. The van der Waals surface area contributed by atoms with Gasteiger partial charge in [-0.2, -0.15) is 0 Å². The van der Waals surface area contributed by atoms with Gasteiger partial charge in [0.2, 0.25) is 0 Å². The number of rotatable bonds is 14. The maximum absolute atomic E-state index is 12.3. The minimum Gasteiger partial charge on any atom is -0.406 e. The number of hydrogen-bond acceptors (Lipinski definition) is 2. The third kappa shape index (κ3) is 12.0. The van der Waals surface area contributed by atoms with E-state index in [9.17, 15) is 26.3 Å². The minimum atomic E-state index is -4.77. The molecule has 0 amide bonds. The van der Waals surface area contributed by atoms with Crippen molar-refractivity contribution in [3.05, 3.63) is 121 Å². The molecule has 3 aromatic carbocycles. The number of alkyl halides is 6. The Labute approximate surface area is 236 Å². The third-order valence-corrected chi connectivity index (χ3v) is 6.35. The van der Waals surface area contributed by atoms with Crippen molar-refractivity contribution in [1.82, 2.24) is 0 Å². The van der Waals surface area contributed by atoms with Crippen LogP contribution in [0, 0.1) is 0 Å². The van der Waals surface area contributed by atoms with E-state index in [1.165, 1.54) is 29.3 Å². The van der Waals surface area contributed by atoms with E-state index in [0.29, 0.717) is 5.57 Å². The van der Waals surface area contributed by atoms with E-state index in [-0.39, 0.29) is 5.75 Å². The van der Waals surface area contributed by atoms with Crippen molar-refractivity contribution >= 4 is 5.57 Å². The van der Waals surface area contributed by atoms with Crippen molar-refractivity contribution in [3.63, 3.8) is 0 Å². The fourth-order valence-corrected chi connectivity index (χ4v) is 4.26. The van der Waals surface area contributed by atoms with E-state index in [0.717, 1.165) is 67.7 Å². The molecule has 0 saturated heterocycles. The highest BCUT2D eigenvalue weighted by atomic mass is 19.4. The molecule has 0 aliphatic heterocycles. The molecule has 41 heavy (non-hydrogen) atoms. The van der Waals surface area contributed by atoms with E-state index >= 15 is 0 Å². The Morgan fingerprint density at radius 2 is 1.05 bits per heavy atom. The number of hydrogen-bond donors (Lipinski definition) is 0. The molecule has 0 bridgehead atoms. The second kappa shape index (κ2) is 14.6. The average molecular weight is 575 g/mol. The molecule has 0 spiro atoms. The van der Waals surface area contributed by atoms with Gasteiger partial charge >= 0.3 is 12.7 Å². The van der Waals surface area contributed by atoms with Crippen LogP contribution >= 0.6 is 0 Å². The molecule has 3 rings (SSSR count). The lowest BCUT2D eigenvalue weighted by molar-refractivity contribution is -0.303. The van der Waals surface area contributed by atoms with Gasteiger partial charge in [-0.15, -0.1) is 26.3 Å². The zero-order chi connectivity index (χ0) is 29.9. The van der Waals surface area contributed by atoms with E-state index in [1.807, 2.05) is 36.4 Å². The Kier molecular flexibility index (Phi) is 11.3. The van der Waals surface area contributed by atoms with Crippen LogP contribution in [0.15, 0.2) is 104 Å². The lowest BCUT2D eigenvalue weighted by atomic mass is 9.99. The highest BCUT2D eigenvalue weighted by Crippen LogP contribution is 2.27. The van der Waals surface area contributed by atoms with Crippen LogP contribution in [-0.2, 0) is 17.6 Å². The van der Waals surface area contributed by atoms with E-state index in [4.69, 9.17) is 0 Å². The van der Waals surface area contributed by atoms with Gasteiger partial charge in [-0.3, -0.25) is 0 Å². The van der Waals surface area contributed by atoms with Crippen LogP contribution in [0.4, 0.5) is 26.3 Å². The van der Waals surface area contributed by atoms with Crippen LogP contribution in [0.5, 0.6) is 5.75 Å². The highest BCUT2D eigenvalue weighted by Gasteiger charge is 2.31. The molecule has 3 aromatic rings. The summed E-state index contributed by atoms with van der Waals surface area (Å²) in [4.78, 5) is 0. The summed E-state index contributed by atoms with van der Waals surface area (Å²) in [6.45, 7) is 7.10. The predicted molar refractivity (Wildman–Crippen MR) is 150 cm³/mol. The smallest absolute Gasteiger partial charge is 0.406 e. The molecular formula is C33H32F6O2. The van der Waals surface area contributed by atoms with Crippen molar-refractivity contribution in [3.8, 4) is 16.9 Å². The van der Waals surface area contributed by atoms with Gasteiger partial charge in [0.15, 0.2) is 0 Å². The maximum Gasteiger partial charge on any atom is 0.573 e. The molecule has 0 aromatic heterocycles. The summed E-state index contributed by atoms with van der Waals surface area (Å²) in [5.74, 6) is -0.740. The number of ether oxygens (including phenoxy) is 2. The number of allylic oxidation sites excluding steroid dienone is 3. The minimum absolute atomic E-state index is 0.239. The van der Waals surface area contributed by atoms with Crippen LogP contribution in [0.25, 0.3) is 16.7 Å². The molecule has 0 aliphatic rings. The summed E-state index contributed by atoms with van der Waals surface area (Å²) >= 11 is 0. The Bertz CT molecular complexity index is 1290. The summed E-state index contributed by atoms with van der Waals surface area (Å²) < 4.78 is 81.2. The van der Waals surface area contributed by atoms with Crippen molar-refractivity contribution in [2.75, 3.05) is 0 Å². The quantitative estimate of drug-likeness (QED) is 0.0825. The second-order valence-corrected chi connectivity index (χ2v) is 9.61. The largest absolute Gasteiger partial charge is 0.573 e. The number of unbranched alkanes of at least 4 members (excludes halogenated alkanes) is 4. The van der Waals surface area contributed by atoms with Gasteiger partial charge in [0.1, 0.15) is 11.5 Å². The first-order valence-electron chi connectivity index (χ1n) is 13.2. The molecule has 218 valence electrons. The molecule has 0 saturated carbocycles. The van der Waals surface area contributed by atoms with Crippen molar-refractivity contribution in [2.45, 2.75) is 57.7 Å². The molecule has 0 unspecified atom stereocenters. The molecule has 0 atom stereocenters. The molecule has 0 N–H and O–H groups in total. The number of benzene rings is 3. The number of halogens is 6. The van der Waals surface area contributed by atoms with Gasteiger partial charge < -0.3 is 9.47 Å². The third-order valence-electron chi connectivity index (χ3n) is 6.35. The first-order chi connectivity index (χ1) is 19.4. The normalized spacial score (nSPS) is 12.0. The van der Waals surface area contributed by atoms with Gasteiger partial charge in [0.05, 0.1) is 0 Å². The van der Waals surface area contributed by atoms with Gasteiger partial charge in [-0.1, -0.05) is 99.2 Å². The van der Waals surface area contributed by atoms with Crippen molar-refractivity contribution in [1.29, 1.82) is 0 Å². The van der Waals surface area contributed by atoms with Crippen LogP contribution in [0.2, 0.25) is 0 Å². The van der Waals surface area contributed by atoms with Crippen LogP contribution < -0.4 is 4.74 Å². The standard InChI is InChI=1S/C33H32F6O2/c1-24(10-11-25(2)40-32(34,35)36)28-16-12-26(13-17-28)8-6-4-3-5-7-9-27-14-18-29(19-15-27)30-20-22-31(23-21-30)41-33(37,38)39/h10-23H,1-9H2/b11-10-. The Balaban J connectivity index is 1.31. The van der Waals surface area contributed by atoms with Gasteiger partial charge in [-0.05, 0) is 77.3 Å². The highest BCUT2D eigenvalue weighted by molar-refractivity contribution is 5.72. The molecule has 0 radical (unpaired) electrons. The molecule has 0 heterocycles. The molecule has 0 aliphatic carbocycles. The summed E-state index contributed by atoms with van der Waals surface area (Å²) in [6.07, 6.45) is 0.544. The molecule has 2 nitrogen and oxygen atoms in total. The Hall–Kier alpha value is -3.94. The van der Waals surface area contributed by atoms with Gasteiger partial charge in [0.25, 0.3) is 0 Å². The Morgan fingerprint density at radius 1 is 0.585 bits per heavy atom. The van der Waals surface area contributed by atoms with Gasteiger partial charge in [-0.25, -0.2) is 0 Å². The Morgan fingerprint density at radius 3 is 1.54 bits per heavy atom. The number of aryl methyl sites for hydroxylation is 2. The molecular weight excluding hydrogens is 542 g/mol. The summed E-state index contributed by atoms with van der Waals surface area (Å²) in [5, 5.41) is 0. The lowest BCUT2D eigenvalue weighted by Crippen LogP contribution is -2.16. The lowest BCUT2D eigenvalue weighted by Gasteiger charge is -2.09. The maximum atomic E-state index is 12.3. The monoisotopic (exact) mass is 574 g/mol. The van der Waals surface area contributed by atoms with Crippen molar-refractivity contribution in [2.24, 2.45) is 0 Å². The fraction of sp³-hybridized carbons (Fsp3) is 0.273. The van der Waals surface area contributed by atoms with Crippen LogP contribution in [0.1, 0.15) is 48.8 Å². The zero-order valence-electron chi connectivity index (χ0n) is 22.5. The zero-order valence-corrected chi connectivity index (χ0v) is 22.5. The summed E-state index contributed by atoms with van der Waals surface area (Å²) in [6, 6.07) is 21.7. The molecule has 8 heteroatoms. The van der Waals surface area contributed by atoms with Crippen LogP contribution in [-0.4, -0.2) is 12.7 Å².